The zero-order valence-corrected chi connectivity index (χ0v) is 11.5. The number of phenols is 1. The van der Waals surface area contributed by atoms with E-state index >= 15 is 0 Å². The van der Waals surface area contributed by atoms with E-state index in [2.05, 4.69) is 0 Å². The molecule has 0 spiro atoms. The SMILES string of the molecule is Oc1ccc(C(O)(c2ccccc2)c2cccs2)cc1. The van der Waals surface area contributed by atoms with E-state index in [1.54, 1.807) is 24.3 Å². The molecule has 1 aromatic heterocycles. The first-order chi connectivity index (χ1) is 9.71. The molecule has 0 fully saturated rings. The number of thiophene rings is 1. The highest BCUT2D eigenvalue weighted by atomic mass is 32.1. The second kappa shape index (κ2) is 5.12. The van der Waals surface area contributed by atoms with Crippen molar-refractivity contribution in [3.05, 3.63) is 88.1 Å². The standard InChI is InChI=1S/C17H14O2S/c18-15-10-8-14(9-11-15)17(19,16-7-4-12-20-16)13-5-2-1-3-6-13/h1-12,18-19H. The second-order valence-electron chi connectivity index (χ2n) is 4.60. The van der Waals surface area contributed by atoms with Gasteiger partial charge in [0.2, 0.25) is 0 Å². The molecule has 0 aliphatic heterocycles. The summed E-state index contributed by atoms with van der Waals surface area (Å²) in [7, 11) is 0. The minimum Gasteiger partial charge on any atom is -0.508 e. The molecular formula is C17H14O2S. The van der Waals surface area contributed by atoms with Crippen molar-refractivity contribution >= 4 is 11.3 Å². The smallest absolute Gasteiger partial charge is 0.149 e. The fraction of sp³-hybridized carbons (Fsp3) is 0.0588. The van der Waals surface area contributed by atoms with Crippen LogP contribution in [0.2, 0.25) is 0 Å². The summed E-state index contributed by atoms with van der Waals surface area (Å²) < 4.78 is 0. The normalized spacial score (nSPS) is 13.8. The molecule has 20 heavy (non-hydrogen) atoms. The average Bonchev–Trinajstić information content (AvgIpc) is 3.03. The highest BCUT2D eigenvalue weighted by Gasteiger charge is 2.34. The number of aromatic hydroxyl groups is 1. The Bertz CT molecular complexity index is 675. The van der Waals surface area contributed by atoms with Gasteiger partial charge in [-0.2, -0.15) is 0 Å². The van der Waals surface area contributed by atoms with Crippen molar-refractivity contribution in [2.24, 2.45) is 0 Å². The van der Waals surface area contributed by atoms with Crippen LogP contribution in [0.3, 0.4) is 0 Å². The van der Waals surface area contributed by atoms with Gasteiger partial charge in [0.25, 0.3) is 0 Å². The van der Waals surface area contributed by atoms with Crippen LogP contribution in [0.5, 0.6) is 5.75 Å². The highest BCUT2D eigenvalue weighted by molar-refractivity contribution is 7.10. The van der Waals surface area contributed by atoms with Gasteiger partial charge in [-0.15, -0.1) is 11.3 Å². The van der Waals surface area contributed by atoms with E-state index in [1.165, 1.54) is 11.3 Å². The van der Waals surface area contributed by atoms with Crippen LogP contribution in [0.25, 0.3) is 0 Å². The molecule has 3 rings (SSSR count). The molecule has 100 valence electrons. The van der Waals surface area contributed by atoms with Crippen molar-refractivity contribution in [1.82, 2.24) is 0 Å². The quantitative estimate of drug-likeness (QED) is 0.768. The largest absolute Gasteiger partial charge is 0.508 e. The molecule has 2 nitrogen and oxygen atoms in total. The Kier molecular flexibility index (Phi) is 3.30. The Morgan fingerprint density at radius 3 is 2.00 bits per heavy atom. The zero-order valence-electron chi connectivity index (χ0n) is 10.7. The molecule has 2 aromatic carbocycles. The minimum absolute atomic E-state index is 0.190. The van der Waals surface area contributed by atoms with Crippen LogP contribution in [-0.4, -0.2) is 10.2 Å². The predicted molar refractivity (Wildman–Crippen MR) is 81.0 cm³/mol. The Morgan fingerprint density at radius 2 is 1.40 bits per heavy atom. The Morgan fingerprint density at radius 1 is 0.750 bits per heavy atom. The fourth-order valence-electron chi connectivity index (χ4n) is 2.32. The molecule has 3 heteroatoms. The van der Waals surface area contributed by atoms with E-state index in [1.807, 2.05) is 47.8 Å². The lowest BCUT2D eigenvalue weighted by molar-refractivity contribution is 0.129. The van der Waals surface area contributed by atoms with Crippen LogP contribution < -0.4 is 0 Å². The van der Waals surface area contributed by atoms with Gasteiger partial charge in [-0.25, -0.2) is 0 Å². The van der Waals surface area contributed by atoms with Crippen molar-refractivity contribution < 1.29 is 10.2 Å². The summed E-state index contributed by atoms with van der Waals surface area (Å²) in [6.07, 6.45) is 0. The first-order valence-corrected chi connectivity index (χ1v) is 7.20. The maximum atomic E-state index is 11.3. The molecule has 0 bridgehead atoms. The van der Waals surface area contributed by atoms with E-state index in [0.717, 1.165) is 16.0 Å². The number of hydrogen-bond acceptors (Lipinski definition) is 3. The van der Waals surface area contributed by atoms with Gasteiger partial charge in [0, 0.05) is 4.88 Å². The van der Waals surface area contributed by atoms with Crippen LogP contribution in [-0.2, 0) is 5.60 Å². The van der Waals surface area contributed by atoms with Gasteiger partial charge in [-0.1, -0.05) is 48.5 Å². The minimum atomic E-state index is -1.19. The molecule has 3 aromatic rings. The maximum Gasteiger partial charge on any atom is 0.149 e. The van der Waals surface area contributed by atoms with Gasteiger partial charge in [0.1, 0.15) is 11.4 Å². The number of hydrogen-bond donors (Lipinski definition) is 2. The molecule has 0 radical (unpaired) electrons. The van der Waals surface area contributed by atoms with Gasteiger partial charge >= 0.3 is 0 Å². The summed E-state index contributed by atoms with van der Waals surface area (Å²) in [4.78, 5) is 0.856. The van der Waals surface area contributed by atoms with E-state index in [9.17, 15) is 10.2 Å². The molecule has 2 N–H and O–H groups in total. The van der Waals surface area contributed by atoms with Crippen molar-refractivity contribution in [1.29, 1.82) is 0 Å². The average molecular weight is 282 g/mol. The van der Waals surface area contributed by atoms with Gasteiger partial charge in [-0.05, 0) is 34.7 Å². The molecular weight excluding hydrogens is 268 g/mol. The first kappa shape index (κ1) is 12.9. The number of rotatable bonds is 3. The number of phenolic OH excluding ortho intramolecular Hbond substituents is 1. The summed E-state index contributed by atoms with van der Waals surface area (Å²) in [5.74, 6) is 0.190. The molecule has 0 amide bonds. The van der Waals surface area contributed by atoms with Crippen molar-refractivity contribution in [2.75, 3.05) is 0 Å². The summed E-state index contributed by atoms with van der Waals surface area (Å²) in [6.45, 7) is 0. The van der Waals surface area contributed by atoms with E-state index < -0.39 is 5.60 Å². The van der Waals surface area contributed by atoms with Crippen LogP contribution in [0.15, 0.2) is 72.1 Å². The van der Waals surface area contributed by atoms with Gasteiger partial charge in [0.15, 0.2) is 0 Å². The third-order valence-electron chi connectivity index (χ3n) is 3.35. The third kappa shape index (κ3) is 2.11. The fourth-order valence-corrected chi connectivity index (χ4v) is 3.18. The van der Waals surface area contributed by atoms with E-state index in [-0.39, 0.29) is 5.75 Å². The monoisotopic (exact) mass is 282 g/mol. The molecule has 1 atom stereocenters. The zero-order chi connectivity index (χ0) is 14.0. The van der Waals surface area contributed by atoms with Crippen molar-refractivity contribution in [3.8, 4) is 5.75 Å². The molecule has 0 saturated carbocycles. The van der Waals surface area contributed by atoms with Crippen LogP contribution in [0, 0.1) is 0 Å². The molecule has 1 heterocycles. The van der Waals surface area contributed by atoms with Gasteiger partial charge in [-0.3, -0.25) is 0 Å². The number of aliphatic hydroxyl groups is 1. The number of benzene rings is 2. The molecule has 0 aliphatic rings. The summed E-state index contributed by atoms with van der Waals surface area (Å²) in [5.41, 5.74) is 0.362. The summed E-state index contributed by atoms with van der Waals surface area (Å²) in [6, 6.07) is 20.1. The van der Waals surface area contributed by atoms with E-state index in [0.29, 0.717) is 0 Å². The third-order valence-corrected chi connectivity index (χ3v) is 4.33. The molecule has 0 saturated heterocycles. The Balaban J connectivity index is 2.21. The summed E-state index contributed by atoms with van der Waals surface area (Å²) >= 11 is 1.51. The lowest BCUT2D eigenvalue weighted by Gasteiger charge is -2.28. The van der Waals surface area contributed by atoms with Crippen LogP contribution in [0.4, 0.5) is 0 Å². The Labute approximate surface area is 121 Å². The first-order valence-electron chi connectivity index (χ1n) is 6.32. The van der Waals surface area contributed by atoms with Crippen LogP contribution in [0.1, 0.15) is 16.0 Å². The topological polar surface area (TPSA) is 40.5 Å². The van der Waals surface area contributed by atoms with E-state index in [4.69, 9.17) is 0 Å². The van der Waals surface area contributed by atoms with Crippen molar-refractivity contribution in [2.45, 2.75) is 5.60 Å². The highest BCUT2D eigenvalue weighted by Crippen LogP contribution is 2.39. The van der Waals surface area contributed by atoms with Crippen molar-refractivity contribution in [3.63, 3.8) is 0 Å². The second-order valence-corrected chi connectivity index (χ2v) is 5.55. The summed E-state index contributed by atoms with van der Waals surface area (Å²) in [5, 5.41) is 22.7. The molecule has 1 unspecified atom stereocenters. The van der Waals surface area contributed by atoms with Crippen LogP contribution >= 0.6 is 11.3 Å². The maximum absolute atomic E-state index is 11.3. The Hall–Kier alpha value is -2.10. The predicted octanol–water partition coefficient (Wildman–Crippen LogP) is 3.74. The lowest BCUT2D eigenvalue weighted by atomic mass is 9.85. The van der Waals surface area contributed by atoms with Gasteiger partial charge < -0.3 is 10.2 Å². The lowest BCUT2D eigenvalue weighted by Crippen LogP contribution is -2.27. The van der Waals surface area contributed by atoms with Gasteiger partial charge in [0.05, 0.1) is 0 Å². The molecule has 0 aliphatic carbocycles.